The highest BCUT2D eigenvalue weighted by atomic mass is 15.1. The van der Waals surface area contributed by atoms with Gasteiger partial charge in [0.2, 0.25) is 0 Å². The minimum atomic E-state index is 0.769. The highest BCUT2D eigenvalue weighted by Gasteiger charge is 2.16. The minimum Gasteiger partial charge on any atom is -0.300 e. The Labute approximate surface area is 259 Å². The van der Waals surface area contributed by atoms with Crippen molar-refractivity contribution in [2.24, 2.45) is 0 Å². The monoisotopic (exact) mass is 568 g/mol. The molecule has 2 nitrogen and oxygen atoms in total. The Morgan fingerprint density at radius 1 is 0.750 bits per heavy atom. The van der Waals surface area contributed by atoms with Crippen LogP contribution in [0.1, 0.15) is 32.0 Å². The van der Waals surface area contributed by atoms with Crippen molar-refractivity contribution in [3.8, 4) is 33.4 Å². The van der Waals surface area contributed by atoms with E-state index >= 15 is 0 Å². The maximum Gasteiger partial charge on any atom is 0.111 e. The van der Waals surface area contributed by atoms with E-state index in [0.29, 0.717) is 0 Å². The molecule has 0 amide bonds. The maximum absolute atomic E-state index is 4.87. The molecule has 0 bridgehead atoms. The predicted octanol–water partition coefficient (Wildman–Crippen LogP) is 9.85. The van der Waals surface area contributed by atoms with Gasteiger partial charge in [-0.3, -0.25) is 4.57 Å². The molecule has 1 aliphatic rings. The predicted molar refractivity (Wildman–Crippen MR) is 190 cm³/mol. The van der Waals surface area contributed by atoms with Gasteiger partial charge in [-0.15, -0.1) is 6.58 Å². The van der Waals surface area contributed by atoms with E-state index in [1.165, 1.54) is 54.6 Å². The number of fused-ring (bicyclic) bond motifs is 3. The van der Waals surface area contributed by atoms with Crippen LogP contribution < -0.4 is 10.4 Å². The third-order valence-corrected chi connectivity index (χ3v) is 8.67. The van der Waals surface area contributed by atoms with Gasteiger partial charge in [-0.1, -0.05) is 115 Å². The number of hydrogen-bond acceptors (Lipinski definition) is 1. The van der Waals surface area contributed by atoms with Crippen LogP contribution in [0.25, 0.3) is 73.0 Å². The molecule has 1 heterocycles. The van der Waals surface area contributed by atoms with Crippen molar-refractivity contribution in [1.29, 1.82) is 0 Å². The Kier molecular flexibility index (Phi) is 7.42. The zero-order valence-electron chi connectivity index (χ0n) is 25.4. The second-order valence-corrected chi connectivity index (χ2v) is 11.4. The summed E-state index contributed by atoms with van der Waals surface area (Å²) in [5, 5.41) is 5.31. The van der Waals surface area contributed by atoms with Crippen LogP contribution in [-0.2, 0) is 0 Å². The van der Waals surface area contributed by atoms with Crippen LogP contribution in [0.4, 0.5) is 0 Å². The smallest absolute Gasteiger partial charge is 0.111 e. The molecule has 0 atom stereocenters. The molecule has 0 spiro atoms. The van der Waals surface area contributed by atoms with Gasteiger partial charge in [0.05, 0.1) is 11.0 Å². The lowest BCUT2D eigenvalue weighted by Crippen LogP contribution is -2.31. The molecule has 1 aliphatic carbocycles. The van der Waals surface area contributed by atoms with Crippen molar-refractivity contribution in [3.05, 3.63) is 144 Å². The van der Waals surface area contributed by atoms with E-state index in [2.05, 4.69) is 146 Å². The van der Waals surface area contributed by atoms with Gasteiger partial charge < -0.3 is 0 Å². The number of nitrogens with zero attached hydrogens (tertiary/aromatic N) is 2. The van der Waals surface area contributed by atoms with Crippen LogP contribution in [-0.4, -0.2) is 9.55 Å². The molecule has 2 heteroatoms. The fraction of sp³-hybridized carbons (Fsp3) is 0.119. The molecule has 44 heavy (non-hydrogen) atoms. The number of imidazole rings is 1. The van der Waals surface area contributed by atoms with Gasteiger partial charge in [-0.05, 0) is 99.5 Å². The van der Waals surface area contributed by atoms with Crippen molar-refractivity contribution in [2.45, 2.75) is 33.1 Å². The van der Waals surface area contributed by atoms with Gasteiger partial charge in [0.1, 0.15) is 5.82 Å². The highest BCUT2D eigenvalue weighted by molar-refractivity contribution is 6.06. The Bertz CT molecular complexity index is 2210. The molecule has 5 aromatic carbocycles. The normalized spacial score (nSPS) is 13.2. The molecule has 7 rings (SSSR count). The lowest BCUT2D eigenvalue weighted by molar-refractivity contribution is 0.993. The van der Waals surface area contributed by atoms with Gasteiger partial charge >= 0.3 is 0 Å². The molecule has 0 aliphatic heterocycles. The summed E-state index contributed by atoms with van der Waals surface area (Å²) in [6.07, 6.45) is 16.0. The Balaban J connectivity index is 1.37. The zero-order valence-corrected chi connectivity index (χ0v) is 25.4. The van der Waals surface area contributed by atoms with Crippen molar-refractivity contribution in [3.63, 3.8) is 0 Å². The largest absolute Gasteiger partial charge is 0.300 e. The first kappa shape index (κ1) is 27.6. The molecule has 0 N–H and O–H groups in total. The van der Waals surface area contributed by atoms with Crippen LogP contribution in [0.5, 0.6) is 0 Å². The average molecular weight is 569 g/mol. The average Bonchev–Trinajstić information content (AvgIpc) is 3.40. The molecular weight excluding hydrogens is 532 g/mol. The van der Waals surface area contributed by atoms with Crippen molar-refractivity contribution in [2.75, 3.05) is 0 Å². The minimum absolute atomic E-state index is 0.769. The number of hydrogen-bond donors (Lipinski definition) is 0. The van der Waals surface area contributed by atoms with E-state index in [0.717, 1.165) is 41.8 Å². The third kappa shape index (κ3) is 4.83. The first-order chi connectivity index (χ1) is 21.7. The number of aryl methyl sites for hydroxylation is 1. The lowest BCUT2D eigenvalue weighted by atomic mass is 9.86. The van der Waals surface area contributed by atoms with Gasteiger partial charge in [-0.25, -0.2) is 4.98 Å². The third-order valence-electron chi connectivity index (χ3n) is 8.67. The standard InChI is InChI=1S/C42H36N2/c1-4-6-17-34(14-5-2)44-29(3)43-39-27-26-33(28-40(39)44)30-22-24-32(25-23-30)42-37-20-12-10-18-35(37)41(31-15-8-7-9-16-31)36-19-11-13-21-38(36)42/h4-10,12,15-28H,2,11,13-14H2,1,3H3/b6-4-,34-17+. The van der Waals surface area contributed by atoms with E-state index in [9.17, 15) is 0 Å². The highest BCUT2D eigenvalue weighted by Crippen LogP contribution is 2.34. The Morgan fingerprint density at radius 2 is 1.34 bits per heavy atom. The van der Waals surface area contributed by atoms with Crippen LogP contribution >= 0.6 is 0 Å². The first-order valence-electron chi connectivity index (χ1n) is 15.5. The second-order valence-electron chi connectivity index (χ2n) is 11.4. The Morgan fingerprint density at radius 3 is 1.98 bits per heavy atom. The molecule has 0 unspecified atom stereocenters. The molecule has 0 radical (unpaired) electrons. The van der Waals surface area contributed by atoms with Crippen LogP contribution in [0.3, 0.4) is 0 Å². The quantitative estimate of drug-likeness (QED) is 0.138. The summed E-state index contributed by atoms with van der Waals surface area (Å²) in [4.78, 5) is 4.87. The summed E-state index contributed by atoms with van der Waals surface area (Å²) >= 11 is 0. The summed E-state index contributed by atoms with van der Waals surface area (Å²) in [5.41, 5.74) is 10.8. The zero-order chi connectivity index (χ0) is 30.0. The summed E-state index contributed by atoms with van der Waals surface area (Å²) < 4.78 is 2.26. The molecule has 214 valence electrons. The molecular formula is C42H36N2. The summed E-state index contributed by atoms with van der Waals surface area (Å²) in [6, 6.07) is 35.5. The van der Waals surface area contributed by atoms with E-state index < -0.39 is 0 Å². The van der Waals surface area contributed by atoms with Gasteiger partial charge in [0, 0.05) is 12.1 Å². The summed E-state index contributed by atoms with van der Waals surface area (Å²) in [6.45, 7) is 8.10. The van der Waals surface area contributed by atoms with E-state index in [-0.39, 0.29) is 0 Å². The van der Waals surface area contributed by atoms with Gasteiger partial charge in [0.15, 0.2) is 0 Å². The summed E-state index contributed by atoms with van der Waals surface area (Å²) in [7, 11) is 0. The van der Waals surface area contributed by atoms with E-state index in [1.807, 2.05) is 13.0 Å². The van der Waals surface area contributed by atoms with E-state index in [4.69, 9.17) is 4.98 Å². The topological polar surface area (TPSA) is 17.8 Å². The molecule has 1 aromatic heterocycles. The maximum atomic E-state index is 4.87. The summed E-state index contributed by atoms with van der Waals surface area (Å²) in [5.74, 6) is 0.980. The van der Waals surface area contributed by atoms with Gasteiger partial charge in [0.25, 0.3) is 0 Å². The van der Waals surface area contributed by atoms with E-state index in [1.54, 1.807) is 0 Å². The fourth-order valence-corrected chi connectivity index (χ4v) is 6.74. The van der Waals surface area contributed by atoms with Crippen molar-refractivity contribution in [1.82, 2.24) is 9.55 Å². The van der Waals surface area contributed by atoms with Crippen molar-refractivity contribution < 1.29 is 0 Å². The molecule has 0 fully saturated rings. The Hall–Kier alpha value is -5.21. The molecule has 0 saturated carbocycles. The first-order valence-corrected chi connectivity index (χ1v) is 15.5. The fourth-order valence-electron chi connectivity index (χ4n) is 6.74. The van der Waals surface area contributed by atoms with Crippen molar-refractivity contribution >= 4 is 39.7 Å². The number of aromatic nitrogens is 2. The number of rotatable bonds is 7. The van der Waals surface area contributed by atoms with Crippen LogP contribution in [0.2, 0.25) is 0 Å². The number of benzene rings is 5. The van der Waals surface area contributed by atoms with Crippen LogP contribution in [0.15, 0.2) is 128 Å². The lowest BCUT2D eigenvalue weighted by Gasteiger charge is -2.18. The van der Waals surface area contributed by atoms with Crippen LogP contribution in [0, 0.1) is 6.92 Å². The number of allylic oxidation sites excluding steroid dienone is 5. The van der Waals surface area contributed by atoms with Gasteiger partial charge in [-0.2, -0.15) is 0 Å². The second kappa shape index (κ2) is 11.8. The molecule has 0 saturated heterocycles. The SMILES string of the molecule is C=CC/C(=C\C=C/C)n1c(C)nc2ccc(-c3ccc(-c4c5c(c(-c6ccccc6)c6ccccc46)=CCCC=5)cc3)cc21. The molecule has 6 aromatic rings.